The van der Waals surface area contributed by atoms with E-state index in [9.17, 15) is 9.90 Å². The van der Waals surface area contributed by atoms with Crippen molar-refractivity contribution in [2.45, 2.75) is 57.1 Å². The summed E-state index contributed by atoms with van der Waals surface area (Å²) >= 11 is 0. The second-order valence-electron chi connectivity index (χ2n) is 7.74. The minimum atomic E-state index is -0.598. The van der Waals surface area contributed by atoms with E-state index in [1.807, 2.05) is 12.1 Å². The standard InChI is InChI=1S/C21H32N2O3/c1-3-13-22-19(24)15-23-14-12-21(25)11-5-4-6-18(21)20(23)16-7-9-17(26-2)10-8-16/h7-10,18,20,25H,3-6,11-15H2,1-2H3,(H,22,24)/t18-,20+,21+/m1/s1. The third-order valence-electron chi connectivity index (χ3n) is 6.05. The van der Waals surface area contributed by atoms with Crippen LogP contribution in [0.2, 0.25) is 0 Å². The van der Waals surface area contributed by atoms with Crippen LogP contribution in [0.25, 0.3) is 0 Å². The van der Waals surface area contributed by atoms with Gasteiger partial charge in [-0.15, -0.1) is 0 Å². The van der Waals surface area contributed by atoms with Gasteiger partial charge in [0.15, 0.2) is 0 Å². The number of ether oxygens (including phenoxy) is 1. The smallest absolute Gasteiger partial charge is 0.234 e. The van der Waals surface area contributed by atoms with Gasteiger partial charge in [-0.05, 0) is 43.4 Å². The van der Waals surface area contributed by atoms with Crippen molar-refractivity contribution in [3.63, 3.8) is 0 Å². The number of carbonyl (C=O) groups is 1. The molecule has 1 aliphatic carbocycles. The third kappa shape index (κ3) is 4.04. The van der Waals surface area contributed by atoms with Gasteiger partial charge in [0.25, 0.3) is 0 Å². The first-order chi connectivity index (χ1) is 12.6. The molecule has 1 heterocycles. The van der Waals surface area contributed by atoms with Gasteiger partial charge in [0.05, 0.1) is 19.3 Å². The van der Waals surface area contributed by atoms with Crippen LogP contribution in [0.3, 0.4) is 0 Å². The summed E-state index contributed by atoms with van der Waals surface area (Å²) in [5.41, 5.74) is 0.568. The average Bonchev–Trinajstić information content (AvgIpc) is 2.66. The average molecular weight is 360 g/mol. The maximum Gasteiger partial charge on any atom is 0.234 e. The molecule has 26 heavy (non-hydrogen) atoms. The predicted octanol–water partition coefficient (Wildman–Crippen LogP) is 2.89. The summed E-state index contributed by atoms with van der Waals surface area (Å²) in [7, 11) is 1.67. The van der Waals surface area contributed by atoms with Gasteiger partial charge in [-0.3, -0.25) is 9.69 Å². The maximum atomic E-state index is 12.4. The van der Waals surface area contributed by atoms with Crippen molar-refractivity contribution in [2.24, 2.45) is 5.92 Å². The number of carbonyl (C=O) groups excluding carboxylic acids is 1. The van der Waals surface area contributed by atoms with Crippen molar-refractivity contribution < 1.29 is 14.6 Å². The second-order valence-corrected chi connectivity index (χ2v) is 7.74. The van der Waals surface area contributed by atoms with Crippen molar-refractivity contribution in [1.29, 1.82) is 0 Å². The third-order valence-corrected chi connectivity index (χ3v) is 6.05. The number of benzene rings is 1. The van der Waals surface area contributed by atoms with Gasteiger partial charge in [0, 0.05) is 25.0 Å². The number of nitrogens with zero attached hydrogens (tertiary/aromatic N) is 1. The molecule has 5 heteroatoms. The van der Waals surface area contributed by atoms with E-state index in [4.69, 9.17) is 4.74 Å². The van der Waals surface area contributed by atoms with Crippen LogP contribution in [0.15, 0.2) is 24.3 Å². The number of hydrogen-bond acceptors (Lipinski definition) is 4. The molecule has 1 aromatic rings. The largest absolute Gasteiger partial charge is 0.497 e. The van der Waals surface area contributed by atoms with E-state index in [2.05, 4.69) is 29.3 Å². The number of nitrogens with one attached hydrogen (secondary N) is 1. The molecule has 3 atom stereocenters. The van der Waals surface area contributed by atoms with Gasteiger partial charge in [0.1, 0.15) is 5.75 Å². The van der Waals surface area contributed by atoms with Crippen molar-refractivity contribution in [3.05, 3.63) is 29.8 Å². The van der Waals surface area contributed by atoms with E-state index in [1.54, 1.807) is 7.11 Å². The minimum Gasteiger partial charge on any atom is -0.497 e. The molecule has 144 valence electrons. The van der Waals surface area contributed by atoms with Gasteiger partial charge >= 0.3 is 0 Å². The summed E-state index contributed by atoms with van der Waals surface area (Å²) in [5, 5.41) is 14.3. The van der Waals surface area contributed by atoms with E-state index in [-0.39, 0.29) is 17.9 Å². The van der Waals surface area contributed by atoms with E-state index >= 15 is 0 Å². The predicted molar refractivity (Wildman–Crippen MR) is 102 cm³/mol. The fourth-order valence-electron chi connectivity index (χ4n) is 4.67. The molecule has 2 N–H and O–H groups in total. The van der Waals surface area contributed by atoms with Gasteiger partial charge < -0.3 is 15.2 Å². The zero-order valence-corrected chi connectivity index (χ0v) is 16.0. The lowest BCUT2D eigenvalue weighted by molar-refractivity contribution is -0.137. The number of piperidine rings is 1. The highest BCUT2D eigenvalue weighted by atomic mass is 16.5. The number of fused-ring (bicyclic) bond motifs is 1. The molecule has 1 saturated carbocycles. The van der Waals surface area contributed by atoms with Crippen LogP contribution in [-0.2, 0) is 4.79 Å². The number of hydrogen-bond donors (Lipinski definition) is 2. The van der Waals surface area contributed by atoms with E-state index in [0.29, 0.717) is 13.1 Å². The van der Waals surface area contributed by atoms with E-state index < -0.39 is 5.60 Å². The molecule has 1 amide bonds. The Labute approximate surface area is 156 Å². The number of methoxy groups -OCH3 is 1. The molecule has 0 radical (unpaired) electrons. The first-order valence-electron chi connectivity index (χ1n) is 9.94. The minimum absolute atomic E-state index is 0.0756. The van der Waals surface area contributed by atoms with Gasteiger partial charge in [-0.25, -0.2) is 0 Å². The zero-order chi connectivity index (χ0) is 18.6. The highest BCUT2D eigenvalue weighted by Crippen LogP contribution is 2.49. The van der Waals surface area contributed by atoms with Crippen LogP contribution >= 0.6 is 0 Å². The lowest BCUT2D eigenvalue weighted by atomic mass is 9.66. The summed E-state index contributed by atoms with van der Waals surface area (Å²) < 4.78 is 5.29. The van der Waals surface area contributed by atoms with E-state index in [1.165, 1.54) is 5.56 Å². The molecule has 1 saturated heterocycles. The monoisotopic (exact) mass is 360 g/mol. The molecular formula is C21H32N2O3. The van der Waals surface area contributed by atoms with Crippen molar-refractivity contribution in [1.82, 2.24) is 10.2 Å². The van der Waals surface area contributed by atoms with Crippen LogP contribution < -0.4 is 10.1 Å². The summed E-state index contributed by atoms with van der Waals surface area (Å²) in [6.07, 6.45) is 5.83. The van der Waals surface area contributed by atoms with Crippen molar-refractivity contribution in [3.8, 4) is 5.75 Å². The van der Waals surface area contributed by atoms with Crippen LogP contribution in [-0.4, -0.2) is 48.3 Å². The van der Waals surface area contributed by atoms with Crippen LogP contribution in [0, 0.1) is 5.92 Å². The number of likely N-dealkylation sites (tertiary alicyclic amines) is 1. The molecular weight excluding hydrogens is 328 g/mol. The Hall–Kier alpha value is -1.59. The van der Waals surface area contributed by atoms with Crippen LogP contribution in [0.4, 0.5) is 0 Å². The van der Waals surface area contributed by atoms with Gasteiger partial charge in [-0.1, -0.05) is 31.9 Å². The molecule has 2 fully saturated rings. The summed E-state index contributed by atoms with van der Waals surface area (Å²) in [6.45, 7) is 3.92. The normalized spacial score (nSPS) is 29.0. The molecule has 0 spiro atoms. The highest BCUT2D eigenvalue weighted by molar-refractivity contribution is 5.78. The Morgan fingerprint density at radius 3 is 2.77 bits per heavy atom. The fourth-order valence-corrected chi connectivity index (χ4v) is 4.67. The first kappa shape index (κ1) is 19.2. The van der Waals surface area contributed by atoms with Gasteiger partial charge in [-0.2, -0.15) is 0 Å². The molecule has 2 aliphatic rings. The Bertz CT molecular complexity index is 604. The summed E-state index contributed by atoms with van der Waals surface area (Å²) in [5.74, 6) is 1.08. The molecule has 1 aliphatic heterocycles. The highest BCUT2D eigenvalue weighted by Gasteiger charge is 2.49. The Kier molecular flexibility index (Phi) is 6.20. The molecule has 0 unspecified atom stereocenters. The van der Waals surface area contributed by atoms with Crippen LogP contribution in [0.5, 0.6) is 5.75 Å². The Morgan fingerprint density at radius 2 is 2.08 bits per heavy atom. The maximum absolute atomic E-state index is 12.4. The number of aliphatic hydroxyl groups is 1. The Balaban J connectivity index is 1.85. The molecule has 0 aromatic heterocycles. The topological polar surface area (TPSA) is 61.8 Å². The second kappa shape index (κ2) is 8.40. The molecule has 1 aromatic carbocycles. The van der Waals surface area contributed by atoms with Crippen molar-refractivity contribution >= 4 is 5.91 Å². The first-order valence-corrected chi connectivity index (χ1v) is 9.94. The molecule has 5 nitrogen and oxygen atoms in total. The quantitative estimate of drug-likeness (QED) is 0.819. The lowest BCUT2D eigenvalue weighted by Crippen LogP contribution is -2.56. The summed E-state index contributed by atoms with van der Waals surface area (Å²) in [6, 6.07) is 8.19. The summed E-state index contributed by atoms with van der Waals surface area (Å²) in [4.78, 5) is 14.6. The van der Waals surface area contributed by atoms with Crippen LogP contribution in [0.1, 0.15) is 57.1 Å². The molecule has 3 rings (SSSR count). The number of amides is 1. The number of rotatable bonds is 6. The molecule has 0 bridgehead atoms. The van der Waals surface area contributed by atoms with Crippen molar-refractivity contribution in [2.75, 3.05) is 26.7 Å². The Morgan fingerprint density at radius 1 is 1.31 bits per heavy atom. The van der Waals surface area contributed by atoms with Gasteiger partial charge in [0.2, 0.25) is 5.91 Å². The van der Waals surface area contributed by atoms with E-state index in [0.717, 1.165) is 50.8 Å². The fraction of sp³-hybridized carbons (Fsp3) is 0.667. The lowest BCUT2D eigenvalue weighted by Gasteiger charge is -2.52. The SMILES string of the molecule is CCCNC(=O)CN1CC[C@@]2(O)CCCC[C@@H]2[C@@H]1c1ccc(OC)cc1. The zero-order valence-electron chi connectivity index (χ0n) is 16.0.